The van der Waals surface area contributed by atoms with E-state index in [2.05, 4.69) is 5.32 Å². The number of carbonyl (C=O) groups is 1. The molecular weight excluding hydrogens is 323 g/mol. The van der Waals surface area contributed by atoms with Crippen molar-refractivity contribution in [1.29, 1.82) is 0 Å². The molecule has 0 aliphatic rings. The van der Waals surface area contributed by atoms with Gasteiger partial charge in [0.1, 0.15) is 5.82 Å². The fraction of sp³-hybridized carbons (Fsp3) is 0.316. The van der Waals surface area contributed by atoms with Crippen LogP contribution < -0.4 is 5.32 Å². The summed E-state index contributed by atoms with van der Waals surface area (Å²) in [5, 5.41) is 2.97. The average molecular weight is 346 g/mol. The zero-order valence-electron chi connectivity index (χ0n) is 14.3. The highest BCUT2D eigenvalue weighted by atomic mass is 32.2. The molecule has 0 aliphatic carbocycles. The molecule has 128 valence electrons. The van der Waals surface area contributed by atoms with Crippen LogP contribution in [-0.4, -0.2) is 36.7 Å². The largest absolute Gasteiger partial charge is 0.325 e. The van der Waals surface area contributed by atoms with Crippen molar-refractivity contribution in [2.75, 3.05) is 31.2 Å². The molecule has 5 heteroatoms. The third-order valence-electron chi connectivity index (χ3n) is 3.85. The van der Waals surface area contributed by atoms with Gasteiger partial charge in [-0.3, -0.25) is 9.69 Å². The van der Waals surface area contributed by atoms with Gasteiger partial charge >= 0.3 is 0 Å². The van der Waals surface area contributed by atoms with Gasteiger partial charge in [0.2, 0.25) is 5.91 Å². The molecule has 24 heavy (non-hydrogen) atoms. The Morgan fingerprint density at radius 3 is 2.58 bits per heavy atom. The Morgan fingerprint density at radius 2 is 1.88 bits per heavy atom. The predicted octanol–water partition coefficient (Wildman–Crippen LogP) is 4.11. The van der Waals surface area contributed by atoms with Gasteiger partial charge in [-0.2, -0.15) is 0 Å². The fourth-order valence-electron chi connectivity index (χ4n) is 2.25. The van der Waals surface area contributed by atoms with Gasteiger partial charge in [0.15, 0.2) is 0 Å². The molecule has 0 radical (unpaired) electrons. The van der Waals surface area contributed by atoms with Gasteiger partial charge in [-0.05, 0) is 62.4 Å². The molecule has 0 heterocycles. The summed E-state index contributed by atoms with van der Waals surface area (Å²) in [5.74, 6) is 0.608. The Hall–Kier alpha value is -1.85. The minimum atomic E-state index is -0.223. The summed E-state index contributed by atoms with van der Waals surface area (Å²) in [6.07, 6.45) is 0. The first-order chi connectivity index (χ1) is 11.5. The number of amides is 1. The van der Waals surface area contributed by atoms with Crippen molar-refractivity contribution in [3.05, 3.63) is 59.4 Å². The molecule has 0 atom stereocenters. The fourth-order valence-corrected chi connectivity index (χ4v) is 3.22. The number of thioether (sulfide) groups is 1. The standard InChI is InChI=1S/C19H23FN2OS/c1-14-5-4-6-18(15(14)2)21-19(23)13-22(3)11-12-24-17-9-7-16(20)8-10-17/h4-10H,11-13H2,1-3H3,(H,21,23). The average Bonchev–Trinajstić information content (AvgIpc) is 2.53. The number of anilines is 1. The molecule has 2 aromatic carbocycles. The maximum atomic E-state index is 12.9. The van der Waals surface area contributed by atoms with Crippen LogP contribution in [0.15, 0.2) is 47.4 Å². The van der Waals surface area contributed by atoms with Gasteiger partial charge in [0.05, 0.1) is 6.54 Å². The minimum Gasteiger partial charge on any atom is -0.325 e. The number of hydrogen-bond acceptors (Lipinski definition) is 3. The second kappa shape index (κ2) is 8.85. The molecule has 0 spiro atoms. The van der Waals surface area contributed by atoms with E-state index in [0.717, 1.165) is 34.0 Å². The van der Waals surface area contributed by atoms with Crippen molar-refractivity contribution in [2.24, 2.45) is 0 Å². The van der Waals surface area contributed by atoms with E-state index >= 15 is 0 Å². The van der Waals surface area contributed by atoms with E-state index in [4.69, 9.17) is 0 Å². The van der Waals surface area contributed by atoms with Crippen LogP contribution >= 0.6 is 11.8 Å². The van der Waals surface area contributed by atoms with E-state index in [9.17, 15) is 9.18 Å². The molecule has 1 amide bonds. The lowest BCUT2D eigenvalue weighted by atomic mass is 10.1. The van der Waals surface area contributed by atoms with Crippen LogP contribution in [0.4, 0.5) is 10.1 Å². The molecule has 2 rings (SSSR count). The summed E-state index contributed by atoms with van der Waals surface area (Å²) in [6.45, 7) is 5.16. The highest BCUT2D eigenvalue weighted by Crippen LogP contribution is 2.19. The lowest BCUT2D eigenvalue weighted by Gasteiger charge is -2.17. The van der Waals surface area contributed by atoms with Crippen molar-refractivity contribution in [2.45, 2.75) is 18.7 Å². The first-order valence-electron chi connectivity index (χ1n) is 7.88. The Bertz CT molecular complexity index is 688. The Labute approximate surface area is 147 Å². The van der Waals surface area contributed by atoms with Gasteiger partial charge < -0.3 is 5.32 Å². The molecule has 0 fully saturated rings. The van der Waals surface area contributed by atoms with Crippen LogP contribution in [0.3, 0.4) is 0 Å². The van der Waals surface area contributed by atoms with Crippen molar-refractivity contribution < 1.29 is 9.18 Å². The molecule has 3 nitrogen and oxygen atoms in total. The van der Waals surface area contributed by atoms with Crippen molar-refractivity contribution in [3.63, 3.8) is 0 Å². The monoisotopic (exact) mass is 346 g/mol. The third-order valence-corrected chi connectivity index (χ3v) is 4.84. The Morgan fingerprint density at radius 1 is 1.17 bits per heavy atom. The Balaban J connectivity index is 1.75. The van der Waals surface area contributed by atoms with Crippen LogP contribution in [0.5, 0.6) is 0 Å². The first kappa shape index (κ1) is 18.5. The number of nitrogens with zero attached hydrogens (tertiary/aromatic N) is 1. The molecule has 2 aromatic rings. The molecule has 0 unspecified atom stereocenters. The lowest BCUT2D eigenvalue weighted by molar-refractivity contribution is -0.117. The number of rotatable bonds is 7. The SMILES string of the molecule is Cc1cccc(NC(=O)CN(C)CCSc2ccc(F)cc2)c1C. The maximum absolute atomic E-state index is 12.9. The summed E-state index contributed by atoms with van der Waals surface area (Å²) >= 11 is 1.65. The predicted molar refractivity (Wildman–Crippen MR) is 99.2 cm³/mol. The molecule has 0 saturated heterocycles. The number of carbonyl (C=O) groups excluding carboxylic acids is 1. The van der Waals surface area contributed by atoms with E-state index in [-0.39, 0.29) is 11.7 Å². The second-order valence-corrected chi connectivity index (χ2v) is 7.00. The van der Waals surface area contributed by atoms with Crippen LogP contribution in [0, 0.1) is 19.7 Å². The molecule has 1 N–H and O–H groups in total. The van der Waals surface area contributed by atoms with E-state index in [1.54, 1.807) is 23.9 Å². The first-order valence-corrected chi connectivity index (χ1v) is 8.87. The van der Waals surface area contributed by atoms with Gasteiger partial charge in [-0.1, -0.05) is 12.1 Å². The number of nitrogens with one attached hydrogen (secondary N) is 1. The highest BCUT2D eigenvalue weighted by molar-refractivity contribution is 7.99. The van der Waals surface area contributed by atoms with Gasteiger partial charge in [-0.15, -0.1) is 11.8 Å². The zero-order chi connectivity index (χ0) is 17.5. The molecule has 0 aliphatic heterocycles. The van der Waals surface area contributed by atoms with Gasteiger partial charge in [-0.25, -0.2) is 4.39 Å². The van der Waals surface area contributed by atoms with Crippen LogP contribution in [0.2, 0.25) is 0 Å². The number of likely N-dealkylation sites (N-methyl/N-ethyl adjacent to an activating group) is 1. The summed E-state index contributed by atoms with van der Waals surface area (Å²) in [5.41, 5.74) is 3.13. The van der Waals surface area contributed by atoms with Gasteiger partial charge in [0, 0.05) is 22.9 Å². The minimum absolute atomic E-state index is 0.0158. The van der Waals surface area contributed by atoms with Crippen molar-refractivity contribution in [1.82, 2.24) is 4.90 Å². The molecule has 0 bridgehead atoms. The van der Waals surface area contributed by atoms with Crippen molar-refractivity contribution >= 4 is 23.4 Å². The molecular formula is C19H23FN2OS. The molecule has 0 aromatic heterocycles. The lowest BCUT2D eigenvalue weighted by Crippen LogP contribution is -2.31. The third kappa shape index (κ3) is 5.65. The van der Waals surface area contributed by atoms with E-state index in [1.165, 1.54) is 12.1 Å². The van der Waals surface area contributed by atoms with Crippen LogP contribution in [0.25, 0.3) is 0 Å². The second-order valence-electron chi connectivity index (χ2n) is 5.84. The zero-order valence-corrected chi connectivity index (χ0v) is 15.1. The quantitative estimate of drug-likeness (QED) is 0.766. The van der Waals surface area contributed by atoms with Crippen LogP contribution in [0.1, 0.15) is 11.1 Å². The summed E-state index contributed by atoms with van der Waals surface area (Å²) in [4.78, 5) is 15.2. The van der Waals surface area contributed by atoms with E-state index in [1.807, 2.05) is 44.0 Å². The Kier molecular flexibility index (Phi) is 6.82. The summed E-state index contributed by atoms with van der Waals surface area (Å²) in [7, 11) is 1.92. The maximum Gasteiger partial charge on any atom is 0.238 e. The summed E-state index contributed by atoms with van der Waals surface area (Å²) in [6, 6.07) is 12.4. The van der Waals surface area contributed by atoms with Gasteiger partial charge in [0.25, 0.3) is 0 Å². The summed E-state index contributed by atoms with van der Waals surface area (Å²) < 4.78 is 12.9. The number of halogens is 1. The normalized spacial score (nSPS) is 10.9. The number of hydrogen-bond donors (Lipinski definition) is 1. The topological polar surface area (TPSA) is 32.3 Å². The van der Waals surface area contributed by atoms with E-state index in [0.29, 0.717) is 6.54 Å². The van der Waals surface area contributed by atoms with E-state index < -0.39 is 0 Å². The smallest absolute Gasteiger partial charge is 0.238 e. The number of aryl methyl sites for hydroxylation is 1. The van der Waals surface area contributed by atoms with Crippen molar-refractivity contribution in [3.8, 4) is 0 Å². The molecule has 0 saturated carbocycles. The van der Waals surface area contributed by atoms with Crippen LogP contribution in [-0.2, 0) is 4.79 Å². The number of benzene rings is 2. The highest BCUT2D eigenvalue weighted by Gasteiger charge is 2.09.